The molecule has 4 rings (SSSR count). The van der Waals surface area contributed by atoms with Crippen LogP contribution in [0.1, 0.15) is 24.0 Å². The average molecular weight is 365 g/mol. The first-order valence-corrected chi connectivity index (χ1v) is 9.88. The maximum atomic E-state index is 12.5. The van der Waals surface area contributed by atoms with Gasteiger partial charge in [-0.25, -0.2) is 9.97 Å². The molecule has 6 heteroatoms. The van der Waals surface area contributed by atoms with Crippen LogP contribution in [0.4, 0.5) is 5.95 Å². The summed E-state index contributed by atoms with van der Waals surface area (Å²) >= 11 is 0. The summed E-state index contributed by atoms with van der Waals surface area (Å²) < 4.78 is 0. The minimum Gasteiger partial charge on any atom is -0.355 e. The quantitative estimate of drug-likeness (QED) is 0.876. The van der Waals surface area contributed by atoms with E-state index < -0.39 is 0 Å². The molecule has 1 N–H and O–H groups in total. The molecular formula is C21H27N5O. The average Bonchev–Trinajstić information content (AvgIpc) is 2.74. The van der Waals surface area contributed by atoms with E-state index in [4.69, 9.17) is 0 Å². The van der Waals surface area contributed by atoms with Gasteiger partial charge in [0, 0.05) is 57.6 Å². The van der Waals surface area contributed by atoms with E-state index in [2.05, 4.69) is 49.4 Å². The van der Waals surface area contributed by atoms with Crippen LogP contribution >= 0.6 is 0 Å². The Morgan fingerprint density at radius 3 is 2.56 bits per heavy atom. The third-order valence-electron chi connectivity index (χ3n) is 5.64. The highest BCUT2D eigenvalue weighted by Crippen LogP contribution is 2.21. The van der Waals surface area contributed by atoms with Gasteiger partial charge in [0.2, 0.25) is 11.9 Å². The molecule has 0 atom stereocenters. The van der Waals surface area contributed by atoms with Gasteiger partial charge in [0.15, 0.2) is 0 Å². The highest BCUT2D eigenvalue weighted by atomic mass is 16.1. The summed E-state index contributed by atoms with van der Waals surface area (Å²) in [6, 6.07) is 10.5. The monoisotopic (exact) mass is 365 g/mol. The number of anilines is 1. The second kappa shape index (κ2) is 8.48. The largest absolute Gasteiger partial charge is 0.355 e. The zero-order valence-electron chi connectivity index (χ0n) is 15.7. The van der Waals surface area contributed by atoms with Crippen molar-refractivity contribution in [2.75, 3.05) is 37.6 Å². The molecule has 142 valence electrons. The molecule has 0 bridgehead atoms. The zero-order valence-corrected chi connectivity index (χ0v) is 15.7. The molecule has 1 amide bonds. The first kappa shape index (κ1) is 17.9. The van der Waals surface area contributed by atoms with E-state index in [0.29, 0.717) is 0 Å². The second-order valence-corrected chi connectivity index (χ2v) is 7.40. The Kier molecular flexibility index (Phi) is 5.63. The number of hydrogen-bond acceptors (Lipinski definition) is 5. The van der Waals surface area contributed by atoms with E-state index in [9.17, 15) is 4.79 Å². The Labute approximate surface area is 160 Å². The summed E-state index contributed by atoms with van der Waals surface area (Å²) in [7, 11) is 0. The fraction of sp³-hybridized carbons (Fsp3) is 0.476. The van der Waals surface area contributed by atoms with Crippen LogP contribution in [0.15, 0.2) is 42.7 Å². The lowest BCUT2D eigenvalue weighted by Crippen LogP contribution is -2.43. The summed E-state index contributed by atoms with van der Waals surface area (Å²) in [5, 5.41) is 3.15. The van der Waals surface area contributed by atoms with Crippen molar-refractivity contribution in [3.05, 3.63) is 53.9 Å². The van der Waals surface area contributed by atoms with Gasteiger partial charge in [0.05, 0.1) is 0 Å². The predicted octanol–water partition coefficient (Wildman–Crippen LogP) is 1.87. The number of carbonyl (C=O) groups is 1. The third-order valence-corrected chi connectivity index (χ3v) is 5.64. The van der Waals surface area contributed by atoms with Crippen molar-refractivity contribution in [3.8, 4) is 0 Å². The van der Waals surface area contributed by atoms with Crippen LogP contribution in [0.3, 0.4) is 0 Å². The van der Waals surface area contributed by atoms with Crippen LogP contribution in [0.5, 0.6) is 0 Å². The van der Waals surface area contributed by atoms with E-state index in [1.165, 1.54) is 11.1 Å². The molecule has 1 saturated heterocycles. The smallest absolute Gasteiger partial charge is 0.225 e. The molecule has 1 aromatic carbocycles. The van der Waals surface area contributed by atoms with Crippen molar-refractivity contribution >= 4 is 11.9 Å². The number of nitrogens with zero attached hydrogens (tertiary/aromatic N) is 4. The minimum atomic E-state index is 0.104. The van der Waals surface area contributed by atoms with E-state index in [-0.39, 0.29) is 11.8 Å². The molecule has 0 aliphatic carbocycles. The number of benzene rings is 1. The third kappa shape index (κ3) is 4.45. The maximum Gasteiger partial charge on any atom is 0.225 e. The molecule has 2 aromatic rings. The fourth-order valence-electron chi connectivity index (χ4n) is 4.02. The van der Waals surface area contributed by atoms with Gasteiger partial charge in [-0.2, -0.15) is 0 Å². The number of fused-ring (bicyclic) bond motifs is 1. The Morgan fingerprint density at radius 2 is 1.78 bits per heavy atom. The molecule has 0 radical (unpaired) electrons. The van der Waals surface area contributed by atoms with Gasteiger partial charge in [0.25, 0.3) is 0 Å². The predicted molar refractivity (Wildman–Crippen MR) is 105 cm³/mol. The Morgan fingerprint density at radius 1 is 1.04 bits per heavy atom. The summed E-state index contributed by atoms with van der Waals surface area (Å²) in [5.74, 6) is 1.06. The van der Waals surface area contributed by atoms with Crippen molar-refractivity contribution in [2.24, 2.45) is 5.92 Å². The van der Waals surface area contributed by atoms with Gasteiger partial charge in [-0.1, -0.05) is 24.3 Å². The minimum absolute atomic E-state index is 0.104. The van der Waals surface area contributed by atoms with Crippen molar-refractivity contribution in [1.29, 1.82) is 0 Å². The van der Waals surface area contributed by atoms with Gasteiger partial charge in [-0.05, 0) is 36.5 Å². The number of piperidine rings is 1. The van der Waals surface area contributed by atoms with Crippen molar-refractivity contribution in [3.63, 3.8) is 0 Å². The van der Waals surface area contributed by atoms with Gasteiger partial charge in [0.1, 0.15) is 0 Å². The Balaban J connectivity index is 1.19. The van der Waals surface area contributed by atoms with E-state index in [0.717, 1.165) is 64.5 Å². The molecule has 1 aromatic heterocycles. The van der Waals surface area contributed by atoms with E-state index in [1.54, 1.807) is 12.4 Å². The molecular weight excluding hydrogens is 338 g/mol. The van der Waals surface area contributed by atoms with Crippen molar-refractivity contribution < 1.29 is 4.79 Å². The first-order valence-electron chi connectivity index (χ1n) is 9.88. The lowest BCUT2D eigenvalue weighted by Gasteiger charge is -2.32. The number of rotatable bonds is 5. The number of carbonyl (C=O) groups excluding carboxylic acids is 1. The van der Waals surface area contributed by atoms with Crippen LogP contribution in [-0.4, -0.2) is 53.5 Å². The van der Waals surface area contributed by atoms with Crippen LogP contribution < -0.4 is 10.2 Å². The van der Waals surface area contributed by atoms with Crippen LogP contribution in [0.2, 0.25) is 0 Å². The molecule has 2 aliphatic heterocycles. The Hall–Kier alpha value is -2.47. The van der Waals surface area contributed by atoms with Crippen LogP contribution in [-0.2, 0) is 17.8 Å². The highest BCUT2D eigenvalue weighted by Gasteiger charge is 2.26. The second-order valence-electron chi connectivity index (χ2n) is 7.40. The molecule has 0 unspecified atom stereocenters. The zero-order chi connectivity index (χ0) is 18.5. The van der Waals surface area contributed by atoms with Gasteiger partial charge < -0.3 is 10.2 Å². The number of aromatic nitrogens is 2. The summed E-state index contributed by atoms with van der Waals surface area (Å²) in [5.41, 5.74) is 2.89. The molecule has 1 fully saturated rings. The van der Waals surface area contributed by atoms with Crippen LogP contribution in [0.25, 0.3) is 0 Å². The molecule has 2 aliphatic rings. The highest BCUT2D eigenvalue weighted by molar-refractivity contribution is 5.78. The summed E-state index contributed by atoms with van der Waals surface area (Å²) in [6.07, 6.45) is 6.35. The topological polar surface area (TPSA) is 61.4 Å². The van der Waals surface area contributed by atoms with Crippen molar-refractivity contribution in [2.45, 2.75) is 25.8 Å². The lowest BCUT2D eigenvalue weighted by molar-refractivity contribution is -0.125. The first-order chi connectivity index (χ1) is 13.3. The fourth-order valence-corrected chi connectivity index (χ4v) is 4.02. The Bertz CT molecular complexity index is 758. The van der Waals surface area contributed by atoms with Crippen molar-refractivity contribution in [1.82, 2.24) is 20.2 Å². The summed E-state index contributed by atoms with van der Waals surface area (Å²) in [4.78, 5) is 25.7. The number of nitrogens with one attached hydrogen (secondary N) is 1. The number of hydrogen-bond donors (Lipinski definition) is 1. The molecule has 27 heavy (non-hydrogen) atoms. The number of amides is 1. The van der Waals surface area contributed by atoms with Gasteiger partial charge in [-0.3, -0.25) is 9.69 Å². The molecule has 6 nitrogen and oxygen atoms in total. The van der Waals surface area contributed by atoms with E-state index >= 15 is 0 Å². The molecule has 0 spiro atoms. The normalized spacial score (nSPS) is 18.1. The van der Waals surface area contributed by atoms with Crippen LogP contribution in [0, 0.1) is 5.92 Å². The maximum absolute atomic E-state index is 12.5. The SMILES string of the molecule is O=C(NCCN1CCc2ccccc2C1)C1CCN(c2ncccn2)CC1. The standard InChI is InChI=1S/C21H27N5O/c27-20(18-7-13-26(14-8-18)21-23-9-3-10-24-21)22-11-15-25-12-6-17-4-1-2-5-19(17)16-25/h1-5,9-10,18H,6-8,11-16H2,(H,22,27). The lowest BCUT2D eigenvalue weighted by atomic mass is 9.96. The van der Waals surface area contributed by atoms with Gasteiger partial charge >= 0.3 is 0 Å². The van der Waals surface area contributed by atoms with E-state index in [1.807, 2.05) is 6.07 Å². The van der Waals surface area contributed by atoms with Gasteiger partial charge in [-0.15, -0.1) is 0 Å². The molecule has 3 heterocycles. The molecule has 0 saturated carbocycles. The summed E-state index contributed by atoms with van der Waals surface area (Å²) in [6.45, 7) is 5.37.